The molecule has 0 aliphatic heterocycles. The van der Waals surface area contributed by atoms with Gasteiger partial charge in [-0.2, -0.15) is 0 Å². The van der Waals surface area contributed by atoms with Crippen molar-refractivity contribution in [1.29, 1.82) is 0 Å². The summed E-state index contributed by atoms with van der Waals surface area (Å²) >= 11 is 0. The van der Waals surface area contributed by atoms with Gasteiger partial charge in [0.25, 0.3) is 0 Å². The number of hydrogen-bond donors (Lipinski definition) is 0. The first-order valence-corrected chi connectivity index (χ1v) is 2.32. The van der Waals surface area contributed by atoms with Crippen LogP contribution < -0.4 is 0 Å². The van der Waals surface area contributed by atoms with Crippen molar-refractivity contribution in [2.45, 2.75) is 26.2 Å². The van der Waals surface area contributed by atoms with Gasteiger partial charge in [-0.3, -0.25) is 0 Å². The van der Waals surface area contributed by atoms with Crippen LogP contribution in [0.1, 0.15) is 26.2 Å². The van der Waals surface area contributed by atoms with Crippen LogP contribution in [0.4, 0.5) is 0 Å². The lowest BCUT2D eigenvalue weighted by Gasteiger charge is -1.84. The van der Waals surface area contributed by atoms with Crippen LogP contribution in [0.15, 0.2) is 0 Å². The summed E-state index contributed by atoms with van der Waals surface area (Å²) in [5.41, 5.74) is 0. The Kier molecular flexibility index (Phi) is 5.00. The van der Waals surface area contributed by atoms with Gasteiger partial charge in [0.15, 0.2) is 0 Å². The zero-order chi connectivity index (χ0) is 4.83. The molecule has 0 aliphatic rings. The van der Waals surface area contributed by atoms with Crippen LogP contribution in [0.25, 0.3) is 0 Å². The highest BCUT2D eigenvalue weighted by atomic mass is 13.8. The summed E-state index contributed by atoms with van der Waals surface area (Å²) in [5, 5.41) is 0. The molecule has 0 spiro atoms. The van der Waals surface area contributed by atoms with Crippen LogP contribution in [-0.4, -0.2) is 0 Å². The monoisotopic (exact) mass is 82.1 g/mol. The molecule has 0 atom stereocenters. The van der Waals surface area contributed by atoms with E-state index in [0.29, 0.717) is 0 Å². The van der Waals surface area contributed by atoms with Gasteiger partial charge in [-0.15, -0.1) is 0 Å². The fraction of sp³-hybridized carbons (Fsp3) is 0.667. The van der Waals surface area contributed by atoms with Crippen molar-refractivity contribution < 1.29 is 0 Å². The van der Waals surface area contributed by atoms with E-state index in [1.807, 2.05) is 0 Å². The molecule has 6 heavy (non-hydrogen) atoms. The van der Waals surface area contributed by atoms with Gasteiger partial charge in [-0.05, 0) is 32.6 Å². The topological polar surface area (TPSA) is 0 Å². The highest BCUT2D eigenvalue weighted by Gasteiger charge is 1.76. The second-order valence-corrected chi connectivity index (χ2v) is 1.14. The number of rotatable bonds is 3. The molecule has 0 rings (SSSR count). The largest absolute Gasteiger partial charge is 0.0648 e. The van der Waals surface area contributed by atoms with Crippen LogP contribution in [0.5, 0.6) is 0 Å². The van der Waals surface area contributed by atoms with E-state index in [1.54, 1.807) is 0 Å². The average Bonchev–Trinajstić information content (AvgIpc) is 1.61. The molecule has 0 unspecified atom stereocenters. The van der Waals surface area contributed by atoms with Crippen LogP contribution in [0, 0.1) is 13.3 Å². The van der Waals surface area contributed by atoms with Crippen LogP contribution in [-0.2, 0) is 0 Å². The Morgan fingerprint density at radius 1 is 1.67 bits per heavy atom. The summed E-state index contributed by atoms with van der Waals surface area (Å²) in [4.78, 5) is 0. The highest BCUT2D eigenvalue weighted by Crippen LogP contribution is 1.93. The van der Waals surface area contributed by atoms with Gasteiger partial charge in [0.1, 0.15) is 0 Å². The lowest BCUT2D eigenvalue weighted by Crippen LogP contribution is -1.68. The molecule has 0 fully saturated rings. The predicted molar refractivity (Wildman–Crippen MR) is 27.1 cm³/mol. The Balaban J connectivity index is 2.34. The first-order chi connectivity index (χ1) is 2.91. The van der Waals surface area contributed by atoms with Crippen LogP contribution >= 0.6 is 0 Å². The lowest BCUT2D eigenvalue weighted by molar-refractivity contribution is 0.900. The number of hydrogen-bond acceptors (Lipinski definition) is 0. The Labute approximate surface area is 40.6 Å². The summed E-state index contributed by atoms with van der Waals surface area (Å²) < 4.78 is 0. The predicted octanol–water partition coefficient (Wildman–Crippen LogP) is 1.97. The van der Waals surface area contributed by atoms with Crippen LogP contribution in [0.3, 0.4) is 0 Å². The molecule has 34 valence electrons. The summed E-state index contributed by atoms with van der Waals surface area (Å²) in [7, 11) is 0. The molecule has 0 heteroatoms. The Morgan fingerprint density at radius 2 is 2.33 bits per heavy atom. The lowest BCUT2D eigenvalue weighted by atomic mass is 10.2. The molecule has 4 radical (unpaired) electrons. The third-order valence-corrected chi connectivity index (χ3v) is 0.571. The van der Waals surface area contributed by atoms with Crippen molar-refractivity contribution >= 4 is 0 Å². The van der Waals surface area contributed by atoms with Gasteiger partial charge in [0.05, 0.1) is 0 Å². The van der Waals surface area contributed by atoms with Crippen molar-refractivity contribution in [1.82, 2.24) is 0 Å². The first kappa shape index (κ1) is 6.00. The second kappa shape index (κ2) is 5.00. The van der Waals surface area contributed by atoms with Crippen LogP contribution in [0.2, 0.25) is 0 Å². The minimum atomic E-state index is 0.744. The third kappa shape index (κ3) is 4.00. The standard InChI is InChI=1S/C6H10/c1-3-5-6-4-2/h1H,3-5H2,2H3. The zero-order valence-corrected chi connectivity index (χ0v) is 4.20. The van der Waals surface area contributed by atoms with Gasteiger partial charge >= 0.3 is 0 Å². The minimum Gasteiger partial charge on any atom is -0.0648 e. The first-order valence-electron chi connectivity index (χ1n) is 2.32. The van der Waals surface area contributed by atoms with Gasteiger partial charge in [-0.1, -0.05) is 6.92 Å². The molecule has 0 aliphatic carbocycles. The van der Waals surface area contributed by atoms with Crippen molar-refractivity contribution in [2.75, 3.05) is 0 Å². The van der Waals surface area contributed by atoms with Crippen molar-refractivity contribution in [3.05, 3.63) is 13.3 Å². The summed E-state index contributed by atoms with van der Waals surface area (Å²) in [6, 6.07) is 0. The molecular formula is C6H10. The van der Waals surface area contributed by atoms with E-state index in [2.05, 4.69) is 13.3 Å². The molecule has 0 N–H and O–H groups in total. The van der Waals surface area contributed by atoms with E-state index in [-0.39, 0.29) is 0 Å². The summed E-state index contributed by atoms with van der Waals surface area (Å²) in [6.45, 7) is 7.22. The molecular weight excluding hydrogens is 72.1 g/mol. The van der Waals surface area contributed by atoms with E-state index < -0.39 is 0 Å². The van der Waals surface area contributed by atoms with Gasteiger partial charge in [0, 0.05) is 0 Å². The van der Waals surface area contributed by atoms with E-state index in [4.69, 9.17) is 6.92 Å². The molecule has 0 saturated heterocycles. The molecule has 0 heterocycles. The maximum absolute atomic E-state index is 5.15. The molecule has 0 amide bonds. The molecule has 0 aromatic heterocycles. The van der Waals surface area contributed by atoms with Gasteiger partial charge < -0.3 is 0 Å². The molecule has 0 bridgehead atoms. The van der Waals surface area contributed by atoms with E-state index in [0.717, 1.165) is 19.3 Å². The molecule has 0 aromatic rings. The zero-order valence-electron chi connectivity index (χ0n) is 4.20. The van der Waals surface area contributed by atoms with Crippen molar-refractivity contribution in [3.8, 4) is 0 Å². The quantitative estimate of drug-likeness (QED) is 0.456. The SMILES string of the molecule is [CH]CC[C]CC. The molecule has 0 nitrogen and oxygen atoms in total. The van der Waals surface area contributed by atoms with E-state index in [1.165, 1.54) is 0 Å². The van der Waals surface area contributed by atoms with E-state index in [9.17, 15) is 0 Å². The minimum absolute atomic E-state index is 0.744. The third-order valence-electron chi connectivity index (χ3n) is 0.571. The maximum Gasteiger partial charge on any atom is -0.0176 e. The Hall–Kier alpha value is 0. The summed E-state index contributed by atoms with van der Waals surface area (Å²) in [5.74, 6) is 0. The van der Waals surface area contributed by atoms with Gasteiger partial charge in [-0.25, -0.2) is 0 Å². The normalized spacial score (nSPS) is 9.00. The highest BCUT2D eigenvalue weighted by molar-refractivity contribution is 4.60. The summed E-state index contributed by atoms with van der Waals surface area (Å²) in [6.07, 6.45) is 5.78. The van der Waals surface area contributed by atoms with Gasteiger partial charge in [0.2, 0.25) is 0 Å². The Morgan fingerprint density at radius 3 is 2.50 bits per heavy atom. The Bertz CT molecular complexity index is 12.0. The molecule has 0 saturated carbocycles. The fourth-order valence-corrected chi connectivity index (χ4v) is 0.279. The number of unbranched alkanes of at least 4 members (excludes halogenated alkanes) is 3. The average molecular weight is 82.1 g/mol. The smallest absolute Gasteiger partial charge is 0.0176 e. The van der Waals surface area contributed by atoms with Crippen molar-refractivity contribution in [3.63, 3.8) is 0 Å². The second-order valence-electron chi connectivity index (χ2n) is 1.14. The van der Waals surface area contributed by atoms with E-state index >= 15 is 0 Å². The molecule has 0 aromatic carbocycles. The maximum atomic E-state index is 5.15. The fourth-order valence-electron chi connectivity index (χ4n) is 0.279. The van der Waals surface area contributed by atoms with Crippen molar-refractivity contribution in [2.24, 2.45) is 0 Å².